The third-order valence-electron chi connectivity index (χ3n) is 2.08. The van der Waals surface area contributed by atoms with Gasteiger partial charge in [-0.3, -0.25) is 0 Å². The van der Waals surface area contributed by atoms with Crippen LogP contribution in [0.1, 0.15) is 12.0 Å². The Kier molecular flexibility index (Phi) is 2.05. The minimum Gasteiger partial charge on any atom is -0.385 e. The second-order valence-corrected chi connectivity index (χ2v) is 3.80. The number of nitrogens with one attached hydrogen (secondary N) is 1. The first kappa shape index (κ1) is 8.05. The number of anilines is 1. The van der Waals surface area contributed by atoms with Gasteiger partial charge in [-0.15, -0.1) is 0 Å². The van der Waals surface area contributed by atoms with Crippen LogP contribution >= 0.6 is 15.9 Å². The third kappa shape index (κ3) is 1.33. The Hall–Kier alpha value is -0.570. The summed E-state index contributed by atoms with van der Waals surface area (Å²) in [5.41, 5.74) is 2.13. The molecule has 1 aliphatic heterocycles. The van der Waals surface area contributed by atoms with Gasteiger partial charge in [0.25, 0.3) is 0 Å². The molecule has 1 aromatic rings. The molecule has 12 heavy (non-hydrogen) atoms. The van der Waals surface area contributed by atoms with Crippen molar-refractivity contribution in [2.45, 2.75) is 12.8 Å². The molecular formula is C9H9BrFN. The van der Waals surface area contributed by atoms with Gasteiger partial charge in [-0.25, -0.2) is 4.39 Å². The van der Waals surface area contributed by atoms with E-state index in [1.165, 1.54) is 11.6 Å². The first-order chi connectivity index (χ1) is 5.77. The number of hydrogen-bond acceptors (Lipinski definition) is 1. The van der Waals surface area contributed by atoms with E-state index in [2.05, 4.69) is 21.2 Å². The maximum atomic E-state index is 12.9. The predicted octanol–water partition coefficient (Wildman–Crippen LogP) is 2.95. The minimum atomic E-state index is -0.185. The summed E-state index contributed by atoms with van der Waals surface area (Å²) in [5.74, 6) is -0.185. The van der Waals surface area contributed by atoms with Gasteiger partial charge in [0.1, 0.15) is 5.82 Å². The zero-order valence-corrected chi connectivity index (χ0v) is 8.12. The Balaban J connectivity index is 2.53. The van der Waals surface area contributed by atoms with Crippen LogP contribution in [0.25, 0.3) is 0 Å². The molecule has 0 saturated heterocycles. The highest BCUT2D eigenvalue weighted by Gasteiger charge is 2.12. The summed E-state index contributed by atoms with van der Waals surface area (Å²) >= 11 is 3.35. The summed E-state index contributed by atoms with van der Waals surface area (Å²) in [5, 5.41) is 3.17. The number of halogens is 2. The molecule has 0 amide bonds. The van der Waals surface area contributed by atoms with Crippen molar-refractivity contribution in [1.29, 1.82) is 0 Å². The van der Waals surface area contributed by atoms with Gasteiger partial charge in [0, 0.05) is 16.7 Å². The second-order valence-electron chi connectivity index (χ2n) is 2.94. The van der Waals surface area contributed by atoms with Crippen LogP contribution in [-0.4, -0.2) is 6.54 Å². The van der Waals surface area contributed by atoms with Crippen LogP contribution in [0.2, 0.25) is 0 Å². The van der Waals surface area contributed by atoms with E-state index >= 15 is 0 Å². The monoisotopic (exact) mass is 229 g/mol. The molecule has 64 valence electrons. The summed E-state index contributed by atoms with van der Waals surface area (Å²) in [7, 11) is 0. The Bertz CT molecular complexity index is 312. The molecule has 0 fully saturated rings. The standard InChI is InChI=1S/C9H9BrFN/c10-8-4-6(11)5-9-7(8)2-1-3-12-9/h4-5,12H,1-3H2. The minimum absolute atomic E-state index is 0.185. The van der Waals surface area contributed by atoms with Crippen molar-refractivity contribution in [2.75, 3.05) is 11.9 Å². The molecule has 0 unspecified atom stereocenters. The van der Waals surface area contributed by atoms with Crippen molar-refractivity contribution in [3.05, 3.63) is 28.0 Å². The van der Waals surface area contributed by atoms with E-state index in [4.69, 9.17) is 0 Å². The van der Waals surface area contributed by atoms with Gasteiger partial charge in [-0.1, -0.05) is 15.9 Å². The van der Waals surface area contributed by atoms with Gasteiger partial charge in [0.15, 0.2) is 0 Å². The zero-order valence-electron chi connectivity index (χ0n) is 6.53. The third-order valence-corrected chi connectivity index (χ3v) is 2.79. The van der Waals surface area contributed by atoms with E-state index in [9.17, 15) is 4.39 Å². The van der Waals surface area contributed by atoms with E-state index in [1.807, 2.05) is 0 Å². The van der Waals surface area contributed by atoms with E-state index in [0.29, 0.717) is 0 Å². The Morgan fingerprint density at radius 2 is 2.25 bits per heavy atom. The van der Waals surface area contributed by atoms with Crippen LogP contribution in [0.5, 0.6) is 0 Å². The van der Waals surface area contributed by atoms with E-state index in [0.717, 1.165) is 29.5 Å². The lowest BCUT2D eigenvalue weighted by Crippen LogP contribution is -2.12. The van der Waals surface area contributed by atoms with Crippen molar-refractivity contribution >= 4 is 21.6 Å². The molecule has 1 N–H and O–H groups in total. The van der Waals surface area contributed by atoms with Crippen molar-refractivity contribution < 1.29 is 4.39 Å². The van der Waals surface area contributed by atoms with Gasteiger partial charge in [-0.2, -0.15) is 0 Å². The summed E-state index contributed by atoms with van der Waals surface area (Å²) in [6, 6.07) is 3.07. The summed E-state index contributed by atoms with van der Waals surface area (Å²) in [6.45, 7) is 0.947. The fraction of sp³-hybridized carbons (Fsp3) is 0.333. The van der Waals surface area contributed by atoms with E-state index in [1.54, 1.807) is 6.07 Å². The fourth-order valence-corrected chi connectivity index (χ4v) is 2.13. The van der Waals surface area contributed by atoms with Crippen LogP contribution in [0.15, 0.2) is 16.6 Å². The largest absolute Gasteiger partial charge is 0.385 e. The van der Waals surface area contributed by atoms with Gasteiger partial charge >= 0.3 is 0 Å². The molecule has 1 heterocycles. The number of rotatable bonds is 0. The first-order valence-electron chi connectivity index (χ1n) is 3.99. The normalized spacial score (nSPS) is 15.2. The molecule has 1 aliphatic rings. The zero-order chi connectivity index (χ0) is 8.55. The number of hydrogen-bond donors (Lipinski definition) is 1. The SMILES string of the molecule is Fc1cc(Br)c2c(c1)NCCC2. The molecule has 3 heteroatoms. The molecule has 0 bridgehead atoms. The van der Waals surface area contributed by atoms with E-state index < -0.39 is 0 Å². The van der Waals surface area contributed by atoms with Crippen LogP contribution in [0, 0.1) is 5.82 Å². The Morgan fingerprint density at radius 1 is 1.42 bits per heavy atom. The summed E-state index contributed by atoms with van der Waals surface area (Å²) < 4.78 is 13.8. The van der Waals surface area contributed by atoms with Crippen LogP contribution in [0.4, 0.5) is 10.1 Å². The van der Waals surface area contributed by atoms with Crippen molar-refractivity contribution in [3.63, 3.8) is 0 Å². The highest BCUT2D eigenvalue weighted by atomic mass is 79.9. The molecule has 2 rings (SSSR count). The van der Waals surface area contributed by atoms with Crippen molar-refractivity contribution in [3.8, 4) is 0 Å². The molecule has 0 atom stereocenters. The second kappa shape index (κ2) is 3.05. The van der Waals surface area contributed by atoms with Crippen LogP contribution < -0.4 is 5.32 Å². The molecule has 0 radical (unpaired) electrons. The smallest absolute Gasteiger partial charge is 0.126 e. The van der Waals surface area contributed by atoms with Gasteiger partial charge in [0.2, 0.25) is 0 Å². The maximum absolute atomic E-state index is 12.9. The Morgan fingerprint density at radius 3 is 3.08 bits per heavy atom. The van der Waals surface area contributed by atoms with Gasteiger partial charge in [-0.05, 0) is 30.5 Å². The molecular weight excluding hydrogens is 221 g/mol. The van der Waals surface area contributed by atoms with Crippen LogP contribution in [0.3, 0.4) is 0 Å². The predicted molar refractivity (Wildman–Crippen MR) is 50.9 cm³/mol. The van der Waals surface area contributed by atoms with Gasteiger partial charge < -0.3 is 5.32 Å². The fourth-order valence-electron chi connectivity index (χ4n) is 1.50. The Labute approximate surface area is 79.1 Å². The summed E-state index contributed by atoms with van der Waals surface area (Å²) in [4.78, 5) is 0. The molecule has 1 aromatic carbocycles. The van der Waals surface area contributed by atoms with Crippen molar-refractivity contribution in [2.24, 2.45) is 0 Å². The number of benzene rings is 1. The first-order valence-corrected chi connectivity index (χ1v) is 4.78. The number of fused-ring (bicyclic) bond motifs is 1. The molecule has 0 aliphatic carbocycles. The molecule has 0 spiro atoms. The summed E-state index contributed by atoms with van der Waals surface area (Å²) in [6.07, 6.45) is 2.15. The lowest BCUT2D eigenvalue weighted by Gasteiger charge is -2.18. The maximum Gasteiger partial charge on any atom is 0.126 e. The highest BCUT2D eigenvalue weighted by Crippen LogP contribution is 2.30. The molecule has 0 saturated carbocycles. The molecule has 0 aromatic heterocycles. The van der Waals surface area contributed by atoms with Crippen molar-refractivity contribution in [1.82, 2.24) is 0 Å². The quantitative estimate of drug-likeness (QED) is 0.722. The van der Waals surface area contributed by atoms with Crippen LogP contribution in [-0.2, 0) is 6.42 Å². The highest BCUT2D eigenvalue weighted by molar-refractivity contribution is 9.10. The topological polar surface area (TPSA) is 12.0 Å². The van der Waals surface area contributed by atoms with E-state index in [-0.39, 0.29) is 5.82 Å². The molecule has 1 nitrogen and oxygen atoms in total. The van der Waals surface area contributed by atoms with Gasteiger partial charge in [0.05, 0.1) is 0 Å². The average Bonchev–Trinajstić information content (AvgIpc) is 2.04. The lowest BCUT2D eigenvalue weighted by atomic mass is 10.0. The average molecular weight is 230 g/mol. The lowest BCUT2D eigenvalue weighted by molar-refractivity contribution is 0.625.